The molecule has 2 aromatic rings. The fourth-order valence-corrected chi connectivity index (χ4v) is 1.27. The molecule has 0 aliphatic carbocycles. The first-order valence-corrected chi connectivity index (χ1v) is 3.78. The van der Waals surface area contributed by atoms with Crippen molar-refractivity contribution in [2.75, 3.05) is 0 Å². The molecule has 1 N–H and O–H groups in total. The molecule has 0 aliphatic heterocycles. The van der Waals surface area contributed by atoms with Gasteiger partial charge in [0.05, 0.1) is 5.52 Å². The summed E-state index contributed by atoms with van der Waals surface area (Å²) < 4.78 is 0. The molecule has 0 saturated carbocycles. The third kappa shape index (κ3) is 0.987. The predicted octanol–water partition coefficient (Wildman–Crippen LogP) is 2.03. The number of carbonyl (C=O) groups is 1. The summed E-state index contributed by atoms with van der Waals surface area (Å²) in [7, 11) is 0. The monoisotopic (exact) mass is 180 g/mol. The van der Waals surface area contributed by atoms with Crippen LogP contribution in [0.4, 0.5) is 0 Å². The predicted molar refractivity (Wildman–Crippen MR) is 46.5 cm³/mol. The molecule has 1 aromatic carbocycles. The topological polar surface area (TPSA) is 45.8 Å². The van der Waals surface area contributed by atoms with E-state index in [2.05, 4.69) is 10.2 Å². The lowest BCUT2D eigenvalue weighted by Gasteiger charge is -1.89. The number of aromatic amines is 1. The summed E-state index contributed by atoms with van der Waals surface area (Å²) in [5.41, 5.74) is 1.22. The number of nitrogens with one attached hydrogen (secondary N) is 1. The van der Waals surface area contributed by atoms with Gasteiger partial charge in [0, 0.05) is 10.4 Å². The number of benzene rings is 1. The van der Waals surface area contributed by atoms with Crippen molar-refractivity contribution in [3.63, 3.8) is 0 Å². The minimum absolute atomic E-state index is 0.396. The summed E-state index contributed by atoms with van der Waals surface area (Å²) in [6.07, 6.45) is 0.704. The van der Waals surface area contributed by atoms with Crippen molar-refractivity contribution < 1.29 is 4.79 Å². The number of fused-ring (bicyclic) bond motifs is 1. The molecular formula is C8H5ClN2O. The highest BCUT2D eigenvalue weighted by Crippen LogP contribution is 2.19. The Balaban J connectivity index is 2.83. The fraction of sp³-hybridized carbons (Fsp3) is 0. The van der Waals surface area contributed by atoms with E-state index < -0.39 is 0 Å². The van der Waals surface area contributed by atoms with Gasteiger partial charge in [-0.15, -0.1) is 0 Å². The summed E-state index contributed by atoms with van der Waals surface area (Å²) in [5, 5.41) is 7.89. The van der Waals surface area contributed by atoms with Crippen LogP contribution in [-0.2, 0) is 0 Å². The van der Waals surface area contributed by atoms with Gasteiger partial charge in [-0.05, 0) is 18.2 Å². The van der Waals surface area contributed by atoms with Gasteiger partial charge in [-0.25, -0.2) is 0 Å². The van der Waals surface area contributed by atoms with Crippen LogP contribution in [0.3, 0.4) is 0 Å². The Kier molecular flexibility index (Phi) is 1.59. The lowest BCUT2D eigenvalue weighted by Crippen LogP contribution is -1.78. The Hall–Kier alpha value is -1.35. The zero-order valence-corrected chi connectivity index (χ0v) is 6.80. The van der Waals surface area contributed by atoms with Crippen LogP contribution >= 0.6 is 11.6 Å². The Bertz CT molecular complexity index is 436. The van der Waals surface area contributed by atoms with E-state index in [0.29, 0.717) is 17.0 Å². The second-order valence-corrected chi connectivity index (χ2v) is 2.85. The lowest BCUT2D eigenvalue weighted by atomic mass is 10.2. The van der Waals surface area contributed by atoms with Crippen molar-refractivity contribution >= 4 is 28.8 Å². The molecule has 0 unspecified atom stereocenters. The van der Waals surface area contributed by atoms with Gasteiger partial charge in [-0.3, -0.25) is 9.89 Å². The van der Waals surface area contributed by atoms with Gasteiger partial charge in [-0.2, -0.15) is 5.10 Å². The number of aldehydes is 1. The molecule has 1 heterocycles. The molecule has 0 fully saturated rings. The minimum Gasteiger partial charge on any atom is -0.296 e. The van der Waals surface area contributed by atoms with Gasteiger partial charge in [-0.1, -0.05) is 11.6 Å². The highest BCUT2D eigenvalue weighted by molar-refractivity contribution is 6.31. The normalized spacial score (nSPS) is 10.4. The molecule has 4 heteroatoms. The molecule has 2 rings (SSSR count). The third-order valence-electron chi connectivity index (χ3n) is 1.67. The maximum Gasteiger partial charge on any atom is 0.170 e. The average molecular weight is 181 g/mol. The highest BCUT2D eigenvalue weighted by Gasteiger charge is 2.03. The number of rotatable bonds is 1. The van der Waals surface area contributed by atoms with Crippen LogP contribution in [0.5, 0.6) is 0 Å². The van der Waals surface area contributed by atoms with Gasteiger partial charge in [0.15, 0.2) is 6.29 Å². The Labute approximate surface area is 73.3 Å². The van der Waals surface area contributed by atoms with Gasteiger partial charge in [0.2, 0.25) is 0 Å². The molecule has 0 bridgehead atoms. The Morgan fingerprint density at radius 3 is 3.08 bits per heavy atom. The largest absolute Gasteiger partial charge is 0.296 e. The fourth-order valence-electron chi connectivity index (χ4n) is 1.10. The van der Waals surface area contributed by atoms with Gasteiger partial charge < -0.3 is 0 Å². The molecule has 0 atom stereocenters. The number of hydrogen-bond donors (Lipinski definition) is 1. The van der Waals surface area contributed by atoms with Crippen LogP contribution in [-0.4, -0.2) is 16.5 Å². The minimum atomic E-state index is 0.396. The number of aromatic nitrogens is 2. The zero-order valence-electron chi connectivity index (χ0n) is 6.04. The van der Waals surface area contributed by atoms with Gasteiger partial charge >= 0.3 is 0 Å². The quantitative estimate of drug-likeness (QED) is 0.683. The summed E-state index contributed by atoms with van der Waals surface area (Å²) >= 11 is 5.75. The Morgan fingerprint density at radius 1 is 1.50 bits per heavy atom. The maximum absolute atomic E-state index is 10.5. The standard InChI is InChI=1S/C8H5ClN2O/c9-5-1-2-7-6(3-5)8(4-12)11-10-7/h1-4H,(H,10,11). The first-order chi connectivity index (χ1) is 5.81. The van der Waals surface area contributed by atoms with E-state index in [0.717, 1.165) is 10.9 Å². The first-order valence-electron chi connectivity index (χ1n) is 3.40. The summed E-state index contributed by atoms with van der Waals surface area (Å²) in [6.45, 7) is 0. The molecule has 12 heavy (non-hydrogen) atoms. The van der Waals surface area contributed by atoms with Crippen molar-refractivity contribution in [2.24, 2.45) is 0 Å². The molecule has 60 valence electrons. The van der Waals surface area contributed by atoms with Crippen molar-refractivity contribution in [2.45, 2.75) is 0 Å². The molecule has 1 aromatic heterocycles. The second-order valence-electron chi connectivity index (χ2n) is 2.42. The maximum atomic E-state index is 10.5. The summed E-state index contributed by atoms with van der Waals surface area (Å²) in [5.74, 6) is 0. The smallest absolute Gasteiger partial charge is 0.170 e. The number of carbonyl (C=O) groups excluding carboxylic acids is 1. The molecule has 0 aliphatic rings. The molecule has 0 radical (unpaired) electrons. The van der Waals surface area contributed by atoms with E-state index in [1.165, 1.54) is 0 Å². The van der Waals surface area contributed by atoms with E-state index in [-0.39, 0.29) is 0 Å². The second kappa shape index (κ2) is 2.60. The number of nitrogens with zero attached hydrogens (tertiary/aromatic N) is 1. The number of H-pyrrole nitrogens is 1. The lowest BCUT2D eigenvalue weighted by molar-refractivity contribution is 0.112. The SMILES string of the molecule is O=Cc1n[nH]c2ccc(Cl)cc12. The van der Waals surface area contributed by atoms with E-state index in [4.69, 9.17) is 11.6 Å². The zero-order chi connectivity index (χ0) is 8.55. The van der Waals surface area contributed by atoms with Gasteiger partial charge in [0.1, 0.15) is 5.69 Å². The molecule has 0 spiro atoms. The van der Waals surface area contributed by atoms with Crippen molar-refractivity contribution in [3.05, 3.63) is 28.9 Å². The number of hydrogen-bond acceptors (Lipinski definition) is 2. The average Bonchev–Trinajstić information content (AvgIpc) is 2.46. The van der Waals surface area contributed by atoms with E-state index in [1.54, 1.807) is 18.2 Å². The molecular weight excluding hydrogens is 176 g/mol. The van der Waals surface area contributed by atoms with E-state index in [1.807, 2.05) is 0 Å². The summed E-state index contributed by atoms with van der Waals surface area (Å²) in [4.78, 5) is 10.5. The van der Waals surface area contributed by atoms with E-state index >= 15 is 0 Å². The summed E-state index contributed by atoms with van der Waals surface area (Å²) in [6, 6.07) is 5.25. The van der Waals surface area contributed by atoms with Crippen LogP contribution in [0.25, 0.3) is 10.9 Å². The van der Waals surface area contributed by atoms with Crippen LogP contribution in [0.1, 0.15) is 10.5 Å². The molecule has 0 saturated heterocycles. The number of halogens is 1. The molecule has 0 amide bonds. The van der Waals surface area contributed by atoms with Crippen molar-refractivity contribution in [1.82, 2.24) is 10.2 Å². The van der Waals surface area contributed by atoms with Crippen molar-refractivity contribution in [1.29, 1.82) is 0 Å². The Morgan fingerprint density at radius 2 is 2.33 bits per heavy atom. The highest BCUT2D eigenvalue weighted by atomic mass is 35.5. The third-order valence-corrected chi connectivity index (χ3v) is 1.90. The van der Waals surface area contributed by atoms with Crippen LogP contribution in [0.2, 0.25) is 5.02 Å². The van der Waals surface area contributed by atoms with E-state index in [9.17, 15) is 4.79 Å². The van der Waals surface area contributed by atoms with Crippen LogP contribution < -0.4 is 0 Å². The molecule has 3 nitrogen and oxygen atoms in total. The van der Waals surface area contributed by atoms with Crippen LogP contribution in [0.15, 0.2) is 18.2 Å². The van der Waals surface area contributed by atoms with Crippen molar-refractivity contribution in [3.8, 4) is 0 Å². The first kappa shape index (κ1) is 7.31. The van der Waals surface area contributed by atoms with Gasteiger partial charge in [0.25, 0.3) is 0 Å². The van der Waals surface area contributed by atoms with Crippen LogP contribution in [0, 0.1) is 0 Å².